The summed E-state index contributed by atoms with van der Waals surface area (Å²) < 4.78 is 4.99. The fourth-order valence-electron chi connectivity index (χ4n) is 3.57. The van der Waals surface area contributed by atoms with Gasteiger partial charge in [0.25, 0.3) is 0 Å². The van der Waals surface area contributed by atoms with E-state index < -0.39 is 7.26 Å². The maximum Gasteiger partial charge on any atom is 0.407 e. The van der Waals surface area contributed by atoms with Gasteiger partial charge in [-0.3, -0.25) is 0 Å². The topological polar surface area (TPSA) is 38.3 Å². The number of hydrogen-bond donors (Lipinski definition) is 1. The predicted molar refractivity (Wildman–Crippen MR) is 120 cm³/mol. The van der Waals surface area contributed by atoms with Gasteiger partial charge in [0.05, 0.1) is 12.8 Å². The van der Waals surface area contributed by atoms with Crippen LogP contribution in [0.1, 0.15) is 13.3 Å². The molecular weight excluding hydrogens is 365 g/mol. The molecule has 0 aliphatic rings. The van der Waals surface area contributed by atoms with E-state index in [1.54, 1.807) is 0 Å². The Bertz CT molecular complexity index is 757. The van der Waals surface area contributed by atoms with Gasteiger partial charge in [-0.2, -0.15) is 0 Å². The maximum atomic E-state index is 11.7. The van der Waals surface area contributed by atoms with E-state index in [4.69, 9.17) is 4.74 Å². The molecule has 0 fully saturated rings. The Labute approximate surface area is 168 Å². The van der Waals surface area contributed by atoms with E-state index in [0.29, 0.717) is 13.2 Å². The lowest BCUT2D eigenvalue weighted by Gasteiger charge is -2.27. The number of carbonyl (C=O) groups is 1. The van der Waals surface area contributed by atoms with Crippen LogP contribution in [0.5, 0.6) is 0 Å². The third kappa shape index (κ3) is 4.61. The van der Waals surface area contributed by atoms with E-state index in [1.807, 2.05) is 6.92 Å². The highest BCUT2D eigenvalue weighted by atomic mass is 31.2. The van der Waals surface area contributed by atoms with Crippen LogP contribution < -0.4 is 21.2 Å². The first kappa shape index (κ1) is 20.1. The molecule has 0 heterocycles. The number of rotatable bonds is 8. The van der Waals surface area contributed by atoms with Crippen molar-refractivity contribution in [2.75, 3.05) is 19.3 Å². The molecule has 144 valence electrons. The lowest BCUT2D eigenvalue weighted by atomic mass is 10.3. The Morgan fingerprint density at radius 2 is 1.21 bits per heavy atom. The van der Waals surface area contributed by atoms with Crippen LogP contribution in [0.2, 0.25) is 0 Å². The Kier molecular flexibility index (Phi) is 7.22. The third-order valence-corrected chi connectivity index (χ3v) is 9.33. The second-order valence-corrected chi connectivity index (χ2v) is 10.2. The van der Waals surface area contributed by atoms with Crippen molar-refractivity contribution in [3.63, 3.8) is 0 Å². The molecule has 28 heavy (non-hydrogen) atoms. The van der Waals surface area contributed by atoms with E-state index in [1.165, 1.54) is 15.9 Å². The monoisotopic (exact) mass is 392 g/mol. The average molecular weight is 392 g/mol. The van der Waals surface area contributed by atoms with Gasteiger partial charge in [-0.15, -0.1) is 0 Å². The van der Waals surface area contributed by atoms with E-state index in [0.717, 1.165) is 12.6 Å². The van der Waals surface area contributed by atoms with E-state index in [2.05, 4.69) is 96.3 Å². The van der Waals surface area contributed by atoms with Crippen molar-refractivity contribution in [1.29, 1.82) is 0 Å². The first-order valence-corrected chi connectivity index (χ1v) is 11.7. The number of alkyl carbamates (subject to hydrolysis) is 1. The Morgan fingerprint density at radius 3 is 1.61 bits per heavy atom. The summed E-state index contributed by atoms with van der Waals surface area (Å²) in [7, 11) is -1.82. The summed E-state index contributed by atoms with van der Waals surface area (Å²) in [4.78, 5) is 11.7. The number of carbonyl (C=O) groups excluding carboxylic acids is 1. The number of benzene rings is 3. The molecule has 0 saturated heterocycles. The molecule has 1 N–H and O–H groups in total. The van der Waals surface area contributed by atoms with Crippen LogP contribution in [0.3, 0.4) is 0 Å². The minimum absolute atomic E-state index is 0.342. The molecule has 0 aromatic heterocycles. The van der Waals surface area contributed by atoms with Crippen LogP contribution >= 0.6 is 7.26 Å². The zero-order valence-electron chi connectivity index (χ0n) is 16.3. The van der Waals surface area contributed by atoms with E-state index in [-0.39, 0.29) is 6.09 Å². The summed E-state index contributed by atoms with van der Waals surface area (Å²) in [6.45, 7) is 2.81. The Hall–Kier alpha value is -2.64. The largest absolute Gasteiger partial charge is 0.450 e. The molecule has 4 heteroatoms. The van der Waals surface area contributed by atoms with Gasteiger partial charge in [-0.05, 0) is 49.7 Å². The zero-order chi connectivity index (χ0) is 19.7. The second-order valence-electron chi connectivity index (χ2n) is 6.54. The second kappa shape index (κ2) is 10.1. The molecule has 3 aromatic carbocycles. The summed E-state index contributed by atoms with van der Waals surface area (Å²) >= 11 is 0. The smallest absolute Gasteiger partial charge is 0.407 e. The van der Waals surface area contributed by atoms with Gasteiger partial charge in [-0.1, -0.05) is 54.6 Å². The van der Waals surface area contributed by atoms with Crippen molar-refractivity contribution >= 4 is 29.3 Å². The van der Waals surface area contributed by atoms with Crippen LogP contribution in [0.4, 0.5) is 4.79 Å². The van der Waals surface area contributed by atoms with E-state index >= 15 is 0 Å². The lowest BCUT2D eigenvalue weighted by Crippen LogP contribution is -2.35. The molecule has 0 aliphatic carbocycles. The molecule has 0 spiro atoms. The van der Waals surface area contributed by atoms with Crippen molar-refractivity contribution in [2.45, 2.75) is 13.3 Å². The van der Waals surface area contributed by atoms with E-state index in [9.17, 15) is 4.79 Å². The van der Waals surface area contributed by atoms with Gasteiger partial charge in [-0.25, -0.2) is 4.79 Å². The number of ether oxygens (including phenoxy) is 1. The number of hydrogen-bond acceptors (Lipinski definition) is 2. The standard InChI is InChI=1S/C24H26NO2P/c1-2-27-24(26)25-19-12-20-28(21-13-6-3-7-14-21,22-15-8-4-9-16-22)23-17-10-5-11-18-23/h3-11,13-18H,2,12,19-20H2,1H3/p+1. The highest BCUT2D eigenvalue weighted by molar-refractivity contribution is 7.95. The van der Waals surface area contributed by atoms with Crippen LogP contribution in [0.25, 0.3) is 0 Å². The molecular formula is C24H27NO2P+. The average Bonchev–Trinajstić information content (AvgIpc) is 2.76. The van der Waals surface area contributed by atoms with Gasteiger partial charge in [0.1, 0.15) is 23.2 Å². The van der Waals surface area contributed by atoms with Gasteiger partial charge in [0.2, 0.25) is 0 Å². The van der Waals surface area contributed by atoms with Crippen LogP contribution in [0, 0.1) is 0 Å². The first-order valence-electron chi connectivity index (χ1n) is 9.73. The van der Waals surface area contributed by atoms with Gasteiger partial charge < -0.3 is 10.1 Å². The SMILES string of the molecule is CCOC(=O)NCCC[P+](c1ccccc1)(c1ccccc1)c1ccccc1. The van der Waals surface area contributed by atoms with Crippen molar-refractivity contribution in [1.82, 2.24) is 5.32 Å². The molecule has 0 radical (unpaired) electrons. The number of amides is 1. The molecule has 0 saturated carbocycles. The molecule has 0 atom stereocenters. The number of nitrogens with one attached hydrogen (secondary N) is 1. The van der Waals surface area contributed by atoms with Crippen LogP contribution in [-0.4, -0.2) is 25.4 Å². The fourth-order valence-corrected chi connectivity index (χ4v) is 7.92. The molecule has 3 nitrogen and oxygen atoms in total. The normalized spacial score (nSPS) is 11.0. The highest BCUT2D eigenvalue weighted by Gasteiger charge is 2.44. The molecule has 3 rings (SSSR count). The molecule has 3 aromatic rings. The molecule has 0 bridgehead atoms. The van der Waals surface area contributed by atoms with Crippen molar-refractivity contribution in [3.05, 3.63) is 91.0 Å². The summed E-state index contributed by atoms with van der Waals surface area (Å²) in [5.41, 5.74) is 0. The quantitative estimate of drug-likeness (QED) is 0.463. The summed E-state index contributed by atoms with van der Waals surface area (Å²) in [6, 6.07) is 32.4. The Morgan fingerprint density at radius 1 is 0.786 bits per heavy atom. The minimum Gasteiger partial charge on any atom is -0.450 e. The minimum atomic E-state index is -1.82. The molecule has 1 amide bonds. The molecule has 0 aliphatic heterocycles. The third-order valence-electron chi connectivity index (χ3n) is 4.81. The first-order chi connectivity index (χ1) is 13.8. The van der Waals surface area contributed by atoms with Crippen LogP contribution in [0.15, 0.2) is 91.0 Å². The summed E-state index contributed by atoms with van der Waals surface area (Å²) in [5, 5.41) is 6.96. The Balaban J connectivity index is 1.98. The van der Waals surface area contributed by atoms with Crippen molar-refractivity contribution in [3.8, 4) is 0 Å². The summed E-state index contributed by atoms with van der Waals surface area (Å²) in [6.07, 6.45) is 1.52. The van der Waals surface area contributed by atoms with Crippen molar-refractivity contribution in [2.24, 2.45) is 0 Å². The zero-order valence-corrected chi connectivity index (χ0v) is 17.1. The highest BCUT2D eigenvalue weighted by Crippen LogP contribution is 2.55. The van der Waals surface area contributed by atoms with Gasteiger partial charge >= 0.3 is 6.09 Å². The predicted octanol–water partition coefficient (Wildman–Crippen LogP) is 4.12. The maximum absolute atomic E-state index is 11.7. The van der Waals surface area contributed by atoms with Gasteiger partial charge in [0, 0.05) is 6.54 Å². The van der Waals surface area contributed by atoms with Crippen LogP contribution in [-0.2, 0) is 4.74 Å². The lowest BCUT2D eigenvalue weighted by molar-refractivity contribution is 0.152. The van der Waals surface area contributed by atoms with Gasteiger partial charge in [0.15, 0.2) is 0 Å². The fraction of sp³-hybridized carbons (Fsp3) is 0.208. The molecule has 0 unspecified atom stereocenters. The van der Waals surface area contributed by atoms with Crippen molar-refractivity contribution < 1.29 is 9.53 Å². The summed E-state index contributed by atoms with van der Waals surface area (Å²) in [5.74, 6) is 0.